The molecule has 0 aromatic carbocycles. The second kappa shape index (κ2) is 9.67. The molecule has 0 saturated heterocycles. The van der Waals surface area contributed by atoms with Crippen molar-refractivity contribution in [3.63, 3.8) is 0 Å². The third kappa shape index (κ3) is 4.57. The van der Waals surface area contributed by atoms with E-state index in [4.69, 9.17) is 0 Å². The number of hydrogen-bond donors (Lipinski definition) is 2. The molecule has 0 aliphatic heterocycles. The van der Waals surface area contributed by atoms with Crippen LogP contribution in [-0.4, -0.2) is 37.4 Å². The van der Waals surface area contributed by atoms with Gasteiger partial charge in [-0.05, 0) is 25.0 Å². The van der Waals surface area contributed by atoms with Crippen LogP contribution in [0.3, 0.4) is 0 Å². The van der Waals surface area contributed by atoms with Crippen LogP contribution < -0.4 is 10.6 Å². The first-order chi connectivity index (χ1) is 12.7. The number of halogens is 1. The Bertz CT molecular complexity index is 911. The van der Waals surface area contributed by atoms with Gasteiger partial charge in [0.2, 0.25) is 0 Å². The maximum absolute atomic E-state index is 4.62. The van der Waals surface area contributed by atoms with E-state index in [1.54, 1.807) is 7.05 Å². The van der Waals surface area contributed by atoms with Crippen LogP contribution >= 0.6 is 24.0 Å². The fraction of sp³-hybridized carbons (Fsp3) is 0.444. The Hall–Kier alpha value is -2.17. The quantitative estimate of drug-likeness (QED) is 0.319. The number of rotatable bonds is 6. The van der Waals surface area contributed by atoms with Crippen molar-refractivity contribution in [2.75, 3.05) is 7.05 Å². The van der Waals surface area contributed by atoms with Gasteiger partial charge in [-0.15, -0.1) is 34.2 Å². The lowest BCUT2D eigenvalue weighted by Gasteiger charge is -2.12. The molecule has 3 heterocycles. The molecule has 0 aliphatic rings. The van der Waals surface area contributed by atoms with E-state index < -0.39 is 0 Å². The van der Waals surface area contributed by atoms with Crippen molar-refractivity contribution in [1.82, 2.24) is 35.0 Å². The minimum Gasteiger partial charge on any atom is -0.352 e. The lowest BCUT2D eigenvalue weighted by molar-refractivity contribution is 0.702. The molecule has 0 amide bonds. The maximum Gasteiger partial charge on any atom is 0.191 e. The molecule has 0 atom stereocenters. The van der Waals surface area contributed by atoms with Gasteiger partial charge < -0.3 is 10.6 Å². The standard InChI is InChI=1S/C18H26N8.HI/c1-5-14-13(15(6-2)25(4)24-14)11-20-18(19-3)21-12-17-23-22-16-9-7-8-10-26(16)17;/h7-10H,5-6,11-12H2,1-4H3,(H2,19,20,21);1H. The molecule has 0 aliphatic carbocycles. The molecular formula is C18H27IN8. The SMILES string of the molecule is CCc1nn(C)c(CC)c1CNC(=NC)NCc1nnc2ccccn12.I. The summed E-state index contributed by atoms with van der Waals surface area (Å²) in [6.07, 6.45) is 3.83. The summed E-state index contributed by atoms with van der Waals surface area (Å²) in [5, 5.41) is 19.7. The van der Waals surface area contributed by atoms with Crippen molar-refractivity contribution in [3.05, 3.63) is 47.2 Å². The fourth-order valence-corrected chi connectivity index (χ4v) is 3.16. The Kier molecular flexibility index (Phi) is 7.57. The summed E-state index contributed by atoms with van der Waals surface area (Å²) < 4.78 is 3.94. The molecule has 0 radical (unpaired) electrons. The van der Waals surface area contributed by atoms with Crippen LogP contribution in [0.15, 0.2) is 29.4 Å². The Morgan fingerprint density at radius 2 is 1.89 bits per heavy atom. The number of aromatic nitrogens is 5. The summed E-state index contributed by atoms with van der Waals surface area (Å²) in [6, 6.07) is 5.85. The van der Waals surface area contributed by atoms with Crippen molar-refractivity contribution >= 4 is 35.6 Å². The number of nitrogens with one attached hydrogen (secondary N) is 2. The molecule has 3 aromatic heterocycles. The van der Waals surface area contributed by atoms with E-state index in [9.17, 15) is 0 Å². The van der Waals surface area contributed by atoms with E-state index in [1.165, 1.54) is 11.3 Å². The normalized spacial score (nSPS) is 11.5. The van der Waals surface area contributed by atoms with Gasteiger partial charge in [-0.2, -0.15) is 5.10 Å². The number of fused-ring (bicyclic) bond motifs is 1. The Balaban J connectivity index is 0.00000261. The van der Waals surface area contributed by atoms with Crippen molar-refractivity contribution in [3.8, 4) is 0 Å². The van der Waals surface area contributed by atoms with Gasteiger partial charge in [0.15, 0.2) is 17.4 Å². The Morgan fingerprint density at radius 1 is 1.11 bits per heavy atom. The molecule has 146 valence electrons. The zero-order valence-electron chi connectivity index (χ0n) is 16.2. The van der Waals surface area contributed by atoms with E-state index >= 15 is 0 Å². The van der Waals surface area contributed by atoms with Gasteiger partial charge in [-0.25, -0.2) is 0 Å². The highest BCUT2D eigenvalue weighted by Gasteiger charge is 2.14. The maximum atomic E-state index is 4.62. The summed E-state index contributed by atoms with van der Waals surface area (Å²) >= 11 is 0. The lowest BCUT2D eigenvalue weighted by atomic mass is 10.1. The number of nitrogens with zero attached hydrogens (tertiary/aromatic N) is 6. The number of pyridine rings is 1. The van der Waals surface area contributed by atoms with Crippen molar-refractivity contribution in [2.24, 2.45) is 12.0 Å². The Morgan fingerprint density at radius 3 is 2.59 bits per heavy atom. The lowest BCUT2D eigenvalue weighted by Crippen LogP contribution is -2.37. The molecule has 3 aromatic rings. The van der Waals surface area contributed by atoms with E-state index in [-0.39, 0.29) is 24.0 Å². The average molecular weight is 482 g/mol. The summed E-state index contributed by atoms with van der Waals surface area (Å²) in [5.41, 5.74) is 4.49. The van der Waals surface area contributed by atoms with Gasteiger partial charge in [0, 0.05) is 38.1 Å². The zero-order chi connectivity index (χ0) is 18.5. The third-order valence-corrected chi connectivity index (χ3v) is 4.48. The van der Waals surface area contributed by atoms with Gasteiger partial charge in [-0.3, -0.25) is 14.1 Å². The van der Waals surface area contributed by atoms with Gasteiger partial charge in [-0.1, -0.05) is 19.9 Å². The second-order valence-corrected chi connectivity index (χ2v) is 6.03. The third-order valence-electron chi connectivity index (χ3n) is 4.48. The largest absolute Gasteiger partial charge is 0.352 e. The van der Waals surface area contributed by atoms with Crippen LogP contribution in [0.4, 0.5) is 0 Å². The smallest absolute Gasteiger partial charge is 0.191 e. The predicted octanol–water partition coefficient (Wildman–Crippen LogP) is 2.07. The Labute approximate surface area is 176 Å². The molecule has 27 heavy (non-hydrogen) atoms. The minimum absolute atomic E-state index is 0. The van der Waals surface area contributed by atoms with Gasteiger partial charge in [0.1, 0.15) is 0 Å². The number of aryl methyl sites for hydroxylation is 2. The topological polar surface area (TPSA) is 84.4 Å². The van der Waals surface area contributed by atoms with Crippen molar-refractivity contribution < 1.29 is 0 Å². The summed E-state index contributed by atoms with van der Waals surface area (Å²) in [4.78, 5) is 4.31. The molecule has 3 rings (SSSR count). The molecule has 0 spiro atoms. The molecule has 2 N–H and O–H groups in total. The van der Waals surface area contributed by atoms with Crippen molar-refractivity contribution in [2.45, 2.75) is 39.8 Å². The highest BCUT2D eigenvalue weighted by Crippen LogP contribution is 2.15. The monoisotopic (exact) mass is 482 g/mol. The van der Waals surface area contributed by atoms with Gasteiger partial charge >= 0.3 is 0 Å². The van der Waals surface area contributed by atoms with Gasteiger partial charge in [0.05, 0.1) is 12.2 Å². The number of aliphatic imine (C=N–C) groups is 1. The van der Waals surface area contributed by atoms with Gasteiger partial charge in [0.25, 0.3) is 0 Å². The zero-order valence-corrected chi connectivity index (χ0v) is 18.6. The van der Waals surface area contributed by atoms with Crippen LogP contribution in [0.25, 0.3) is 5.65 Å². The van der Waals surface area contributed by atoms with Crippen LogP contribution in [0.5, 0.6) is 0 Å². The van der Waals surface area contributed by atoms with Crippen molar-refractivity contribution in [1.29, 1.82) is 0 Å². The molecule has 0 unspecified atom stereocenters. The van der Waals surface area contributed by atoms with Crippen LogP contribution in [0.1, 0.15) is 36.6 Å². The summed E-state index contributed by atoms with van der Waals surface area (Å²) in [6.45, 7) is 5.53. The second-order valence-electron chi connectivity index (χ2n) is 6.03. The molecule has 8 nitrogen and oxygen atoms in total. The number of guanidine groups is 1. The first kappa shape index (κ1) is 21.1. The van der Waals surface area contributed by atoms with Crippen LogP contribution in [-0.2, 0) is 33.0 Å². The predicted molar refractivity (Wildman–Crippen MR) is 117 cm³/mol. The molecule has 0 bridgehead atoms. The van der Waals surface area contributed by atoms with Crippen LogP contribution in [0.2, 0.25) is 0 Å². The first-order valence-electron chi connectivity index (χ1n) is 8.94. The van der Waals surface area contributed by atoms with E-state index in [1.807, 2.05) is 40.5 Å². The van der Waals surface area contributed by atoms with E-state index in [0.29, 0.717) is 13.1 Å². The minimum atomic E-state index is 0. The molecular weight excluding hydrogens is 455 g/mol. The highest BCUT2D eigenvalue weighted by atomic mass is 127. The molecule has 0 saturated carbocycles. The highest BCUT2D eigenvalue weighted by molar-refractivity contribution is 14.0. The molecule has 0 fully saturated rings. The van der Waals surface area contributed by atoms with E-state index in [0.717, 1.165) is 36.0 Å². The average Bonchev–Trinajstić information content (AvgIpc) is 3.22. The fourth-order valence-electron chi connectivity index (χ4n) is 3.16. The number of hydrogen-bond acceptors (Lipinski definition) is 4. The van der Waals surface area contributed by atoms with E-state index in [2.05, 4.69) is 44.8 Å². The molecule has 9 heteroatoms. The van der Waals surface area contributed by atoms with Crippen LogP contribution in [0, 0.1) is 0 Å². The summed E-state index contributed by atoms with van der Waals surface area (Å²) in [7, 11) is 3.77. The summed E-state index contributed by atoms with van der Waals surface area (Å²) in [5.74, 6) is 1.57. The first-order valence-corrected chi connectivity index (χ1v) is 8.94.